The summed E-state index contributed by atoms with van der Waals surface area (Å²) in [5.74, 6) is 6.56. The maximum absolute atomic E-state index is 5.53. The molecule has 0 radical (unpaired) electrons. The molecule has 0 aliphatic carbocycles. The zero-order valence-corrected chi connectivity index (χ0v) is 11.1. The third-order valence-electron chi connectivity index (χ3n) is 1.95. The summed E-state index contributed by atoms with van der Waals surface area (Å²) in [4.78, 5) is 4.44. The summed E-state index contributed by atoms with van der Waals surface area (Å²) in [6.45, 7) is 6.42. The molecule has 1 aromatic rings. The van der Waals surface area contributed by atoms with Crippen LogP contribution in [0.1, 0.15) is 24.5 Å². The lowest BCUT2D eigenvalue weighted by Crippen LogP contribution is -2.39. The molecule has 1 rings (SSSR count). The zero-order valence-electron chi connectivity index (χ0n) is 9.49. The van der Waals surface area contributed by atoms with Gasteiger partial charge in [0.2, 0.25) is 0 Å². The van der Waals surface area contributed by atoms with E-state index in [2.05, 4.69) is 29.6 Å². The number of thioether (sulfide) groups is 1. The fraction of sp³-hybridized carbons (Fsp3) is 0.700. The molecule has 0 amide bonds. The van der Waals surface area contributed by atoms with Gasteiger partial charge in [0.15, 0.2) is 0 Å². The second-order valence-electron chi connectivity index (χ2n) is 3.83. The Morgan fingerprint density at radius 1 is 1.60 bits per heavy atom. The van der Waals surface area contributed by atoms with Crippen molar-refractivity contribution in [2.24, 2.45) is 5.84 Å². The van der Waals surface area contributed by atoms with E-state index in [0.29, 0.717) is 11.3 Å². The number of thiazole rings is 1. The first-order valence-electron chi connectivity index (χ1n) is 5.10. The summed E-state index contributed by atoms with van der Waals surface area (Å²) in [6, 6.07) is 0.322. The molecule has 0 spiro atoms. The van der Waals surface area contributed by atoms with Crippen molar-refractivity contribution < 1.29 is 0 Å². The summed E-state index contributed by atoms with van der Waals surface area (Å²) in [5, 5.41) is 3.90. The predicted molar refractivity (Wildman–Crippen MR) is 69.3 cm³/mol. The first-order chi connectivity index (χ1) is 7.11. The van der Waals surface area contributed by atoms with E-state index >= 15 is 0 Å². The molecule has 1 heterocycles. The summed E-state index contributed by atoms with van der Waals surface area (Å²) >= 11 is 3.64. The number of hydrogen-bond donors (Lipinski definition) is 2. The Hall–Kier alpha value is -0.100. The van der Waals surface area contributed by atoms with Gasteiger partial charge in [-0.25, -0.2) is 4.98 Å². The molecule has 5 heteroatoms. The smallest absolute Gasteiger partial charge is 0.0944 e. The Kier molecular flexibility index (Phi) is 5.60. The molecular weight excluding hydrogens is 226 g/mol. The number of hydrogen-bond acceptors (Lipinski definition) is 5. The third-order valence-corrected chi connectivity index (χ3v) is 4.20. The van der Waals surface area contributed by atoms with Crippen LogP contribution >= 0.6 is 23.1 Å². The summed E-state index contributed by atoms with van der Waals surface area (Å²) in [6.07, 6.45) is 0.925. The van der Waals surface area contributed by atoms with Crippen molar-refractivity contribution in [2.45, 2.75) is 38.5 Å². The van der Waals surface area contributed by atoms with E-state index in [1.165, 1.54) is 5.01 Å². The second kappa shape index (κ2) is 6.48. The van der Waals surface area contributed by atoms with Crippen LogP contribution in [0.2, 0.25) is 0 Å². The molecule has 3 N–H and O–H groups in total. The SMILES string of the molecule is Cc1csc(CC(CSC(C)C)NN)n1. The third kappa shape index (κ3) is 4.97. The van der Waals surface area contributed by atoms with Crippen LogP contribution in [0.15, 0.2) is 5.38 Å². The maximum Gasteiger partial charge on any atom is 0.0944 e. The Morgan fingerprint density at radius 2 is 2.33 bits per heavy atom. The second-order valence-corrected chi connectivity index (χ2v) is 6.38. The highest BCUT2D eigenvalue weighted by molar-refractivity contribution is 7.99. The Labute approximate surface area is 99.8 Å². The first kappa shape index (κ1) is 13.0. The van der Waals surface area contributed by atoms with Gasteiger partial charge in [0.1, 0.15) is 0 Å². The summed E-state index contributed by atoms with van der Waals surface area (Å²) in [7, 11) is 0. The van der Waals surface area contributed by atoms with Crippen molar-refractivity contribution in [1.29, 1.82) is 0 Å². The fourth-order valence-electron chi connectivity index (χ4n) is 1.18. The van der Waals surface area contributed by atoms with Crippen LogP contribution in [0, 0.1) is 6.92 Å². The van der Waals surface area contributed by atoms with Gasteiger partial charge in [-0.2, -0.15) is 11.8 Å². The minimum Gasteiger partial charge on any atom is -0.271 e. The Morgan fingerprint density at radius 3 is 2.80 bits per heavy atom. The highest BCUT2D eigenvalue weighted by Crippen LogP contribution is 2.15. The van der Waals surface area contributed by atoms with Crippen LogP contribution in [0.25, 0.3) is 0 Å². The highest BCUT2D eigenvalue weighted by Gasteiger charge is 2.11. The molecule has 0 bridgehead atoms. The van der Waals surface area contributed by atoms with Gasteiger partial charge in [-0.05, 0) is 12.2 Å². The van der Waals surface area contributed by atoms with E-state index in [-0.39, 0.29) is 0 Å². The summed E-state index contributed by atoms with van der Waals surface area (Å²) in [5.41, 5.74) is 3.96. The van der Waals surface area contributed by atoms with Gasteiger partial charge in [-0.1, -0.05) is 13.8 Å². The molecule has 1 atom stereocenters. The molecule has 0 aliphatic rings. The number of nitrogens with one attached hydrogen (secondary N) is 1. The van der Waals surface area contributed by atoms with Crippen LogP contribution in [0.3, 0.4) is 0 Å². The zero-order chi connectivity index (χ0) is 11.3. The first-order valence-corrected chi connectivity index (χ1v) is 7.03. The van der Waals surface area contributed by atoms with Crippen LogP contribution in [-0.4, -0.2) is 22.0 Å². The topological polar surface area (TPSA) is 50.9 Å². The van der Waals surface area contributed by atoms with Crippen LogP contribution in [0.5, 0.6) is 0 Å². The number of rotatable bonds is 6. The number of aryl methyl sites for hydroxylation is 1. The molecule has 1 aromatic heterocycles. The molecule has 0 aromatic carbocycles. The maximum atomic E-state index is 5.53. The average Bonchev–Trinajstić information content (AvgIpc) is 2.58. The molecule has 3 nitrogen and oxygen atoms in total. The Balaban J connectivity index is 2.39. The Bertz CT molecular complexity index is 286. The number of nitrogens with two attached hydrogens (primary N) is 1. The number of nitrogens with zero attached hydrogens (tertiary/aromatic N) is 1. The average molecular weight is 245 g/mol. The van der Waals surface area contributed by atoms with Gasteiger partial charge in [0.05, 0.1) is 5.01 Å². The molecule has 0 saturated carbocycles. The van der Waals surface area contributed by atoms with E-state index in [9.17, 15) is 0 Å². The molecular formula is C10H19N3S2. The minimum absolute atomic E-state index is 0.322. The quantitative estimate of drug-likeness (QED) is 0.594. The molecule has 0 fully saturated rings. The number of aromatic nitrogens is 1. The van der Waals surface area contributed by atoms with E-state index in [0.717, 1.165) is 17.9 Å². The van der Waals surface area contributed by atoms with Crippen molar-refractivity contribution in [2.75, 3.05) is 5.75 Å². The molecule has 86 valence electrons. The van der Waals surface area contributed by atoms with E-state index in [4.69, 9.17) is 5.84 Å². The summed E-state index contributed by atoms with van der Waals surface area (Å²) < 4.78 is 0. The lowest BCUT2D eigenvalue weighted by Gasteiger charge is -2.15. The highest BCUT2D eigenvalue weighted by atomic mass is 32.2. The van der Waals surface area contributed by atoms with Crippen molar-refractivity contribution in [3.8, 4) is 0 Å². The van der Waals surface area contributed by atoms with Crippen molar-refractivity contribution >= 4 is 23.1 Å². The lowest BCUT2D eigenvalue weighted by molar-refractivity contribution is 0.573. The molecule has 0 aliphatic heterocycles. The van der Waals surface area contributed by atoms with Crippen molar-refractivity contribution in [3.63, 3.8) is 0 Å². The molecule has 15 heavy (non-hydrogen) atoms. The van der Waals surface area contributed by atoms with Crippen LogP contribution in [0.4, 0.5) is 0 Å². The van der Waals surface area contributed by atoms with Crippen molar-refractivity contribution in [3.05, 3.63) is 16.1 Å². The molecule has 1 unspecified atom stereocenters. The van der Waals surface area contributed by atoms with E-state index < -0.39 is 0 Å². The normalized spacial score (nSPS) is 13.4. The van der Waals surface area contributed by atoms with Gasteiger partial charge in [0, 0.05) is 29.3 Å². The fourth-order valence-corrected chi connectivity index (χ4v) is 2.87. The number of hydrazine groups is 1. The largest absolute Gasteiger partial charge is 0.271 e. The monoisotopic (exact) mass is 245 g/mol. The van der Waals surface area contributed by atoms with E-state index in [1.807, 2.05) is 18.7 Å². The van der Waals surface area contributed by atoms with Gasteiger partial charge in [-0.3, -0.25) is 11.3 Å². The van der Waals surface area contributed by atoms with Crippen LogP contribution in [-0.2, 0) is 6.42 Å². The lowest BCUT2D eigenvalue weighted by atomic mass is 10.2. The van der Waals surface area contributed by atoms with Crippen LogP contribution < -0.4 is 11.3 Å². The van der Waals surface area contributed by atoms with Gasteiger partial charge >= 0.3 is 0 Å². The molecule has 0 saturated heterocycles. The van der Waals surface area contributed by atoms with E-state index in [1.54, 1.807) is 11.3 Å². The van der Waals surface area contributed by atoms with Crippen molar-refractivity contribution in [1.82, 2.24) is 10.4 Å². The van der Waals surface area contributed by atoms with Gasteiger partial charge < -0.3 is 0 Å². The van der Waals surface area contributed by atoms with Gasteiger partial charge in [0.25, 0.3) is 0 Å². The predicted octanol–water partition coefficient (Wildman–Crippen LogP) is 1.97. The van der Waals surface area contributed by atoms with Gasteiger partial charge in [-0.15, -0.1) is 11.3 Å². The minimum atomic E-state index is 0.322. The standard InChI is InChI=1S/C10H19N3S2/c1-7(2)14-6-9(13-11)4-10-12-8(3)5-15-10/h5,7,9,13H,4,6,11H2,1-3H3.